The van der Waals surface area contributed by atoms with Gasteiger partial charge in [0.2, 0.25) is 0 Å². The molecule has 0 aromatic carbocycles. The van der Waals surface area contributed by atoms with Crippen molar-refractivity contribution in [3.63, 3.8) is 0 Å². The minimum atomic E-state index is -0.530. The molecular formula is C12H13FN4O. The van der Waals surface area contributed by atoms with E-state index in [1.54, 1.807) is 6.20 Å². The number of halogens is 1. The molecule has 0 spiro atoms. The maximum atomic E-state index is 12.9. The van der Waals surface area contributed by atoms with Gasteiger partial charge in [0.25, 0.3) is 5.91 Å². The molecule has 0 saturated carbocycles. The molecule has 0 saturated heterocycles. The number of nitrogens with zero attached hydrogens (tertiary/aromatic N) is 3. The van der Waals surface area contributed by atoms with E-state index in [-0.39, 0.29) is 11.5 Å². The van der Waals surface area contributed by atoms with E-state index in [0.717, 1.165) is 24.6 Å². The molecule has 0 aliphatic heterocycles. The minimum Gasteiger partial charge on any atom is -0.345 e. The first-order chi connectivity index (χ1) is 8.70. The molecule has 2 heterocycles. The van der Waals surface area contributed by atoms with E-state index < -0.39 is 5.82 Å². The summed E-state index contributed by atoms with van der Waals surface area (Å²) in [6, 6.07) is 1.15. The van der Waals surface area contributed by atoms with Crippen LogP contribution in [-0.4, -0.2) is 20.4 Å². The first kappa shape index (κ1) is 12.2. The number of carbonyl (C=O) groups is 1. The van der Waals surface area contributed by atoms with Crippen LogP contribution >= 0.6 is 0 Å². The Morgan fingerprint density at radius 1 is 1.50 bits per heavy atom. The Morgan fingerprint density at radius 2 is 2.33 bits per heavy atom. The molecule has 0 fully saturated rings. The summed E-state index contributed by atoms with van der Waals surface area (Å²) in [6.45, 7) is 3.08. The van der Waals surface area contributed by atoms with Crippen molar-refractivity contribution in [3.05, 3.63) is 48.1 Å². The van der Waals surface area contributed by atoms with Gasteiger partial charge in [0.15, 0.2) is 0 Å². The molecule has 2 aromatic heterocycles. The highest BCUT2D eigenvalue weighted by Crippen LogP contribution is 2.02. The summed E-state index contributed by atoms with van der Waals surface area (Å²) in [4.78, 5) is 19.5. The Kier molecular flexibility index (Phi) is 3.66. The molecule has 0 bridgehead atoms. The second-order valence-electron chi connectivity index (χ2n) is 3.70. The van der Waals surface area contributed by atoms with E-state index in [9.17, 15) is 9.18 Å². The van der Waals surface area contributed by atoms with Gasteiger partial charge in [-0.2, -0.15) is 0 Å². The van der Waals surface area contributed by atoms with Gasteiger partial charge in [0.1, 0.15) is 11.6 Å². The van der Waals surface area contributed by atoms with Crippen molar-refractivity contribution < 1.29 is 9.18 Å². The van der Waals surface area contributed by atoms with Crippen molar-refractivity contribution in [2.24, 2.45) is 0 Å². The number of hydrogen-bond donors (Lipinski definition) is 1. The zero-order chi connectivity index (χ0) is 13.0. The van der Waals surface area contributed by atoms with E-state index in [0.29, 0.717) is 6.54 Å². The maximum Gasteiger partial charge on any atom is 0.253 e. The molecule has 1 N–H and O–H groups in total. The molecule has 18 heavy (non-hydrogen) atoms. The number of rotatable bonds is 4. The fraction of sp³-hybridized carbons (Fsp3) is 0.250. The molecule has 0 radical (unpaired) electrons. The van der Waals surface area contributed by atoms with Gasteiger partial charge < -0.3 is 9.88 Å². The van der Waals surface area contributed by atoms with E-state index in [1.807, 2.05) is 17.7 Å². The Bertz CT molecular complexity index is 553. The lowest BCUT2D eigenvalue weighted by Crippen LogP contribution is -2.24. The molecule has 94 valence electrons. The summed E-state index contributed by atoms with van der Waals surface area (Å²) >= 11 is 0. The third-order valence-electron chi connectivity index (χ3n) is 2.52. The van der Waals surface area contributed by atoms with Crippen molar-refractivity contribution in [2.45, 2.75) is 20.0 Å². The average Bonchev–Trinajstić information content (AvgIpc) is 2.83. The predicted molar refractivity (Wildman–Crippen MR) is 63.3 cm³/mol. The zero-order valence-electron chi connectivity index (χ0n) is 9.93. The second-order valence-corrected chi connectivity index (χ2v) is 3.70. The fourth-order valence-corrected chi connectivity index (χ4v) is 1.59. The van der Waals surface area contributed by atoms with E-state index in [1.165, 1.54) is 6.20 Å². The van der Waals surface area contributed by atoms with Crippen LogP contribution in [0, 0.1) is 5.82 Å². The van der Waals surface area contributed by atoms with E-state index in [2.05, 4.69) is 15.3 Å². The van der Waals surface area contributed by atoms with Crippen molar-refractivity contribution in [2.75, 3.05) is 0 Å². The molecule has 2 rings (SSSR count). The number of imidazole rings is 1. The van der Waals surface area contributed by atoms with Crippen LogP contribution in [-0.2, 0) is 13.1 Å². The highest BCUT2D eigenvalue weighted by molar-refractivity contribution is 5.93. The number of amides is 1. The van der Waals surface area contributed by atoms with Gasteiger partial charge in [-0.05, 0) is 13.0 Å². The van der Waals surface area contributed by atoms with Crippen LogP contribution < -0.4 is 5.32 Å². The highest BCUT2D eigenvalue weighted by Gasteiger charge is 2.08. The third kappa shape index (κ3) is 2.71. The van der Waals surface area contributed by atoms with Crippen LogP contribution in [0.3, 0.4) is 0 Å². The molecule has 1 amide bonds. The number of aryl methyl sites for hydroxylation is 1. The Morgan fingerprint density at radius 3 is 3.06 bits per heavy atom. The summed E-state index contributed by atoms with van der Waals surface area (Å²) < 4.78 is 14.8. The van der Waals surface area contributed by atoms with Crippen LogP contribution in [0.2, 0.25) is 0 Å². The Hall–Kier alpha value is -2.24. The zero-order valence-corrected chi connectivity index (χ0v) is 9.93. The van der Waals surface area contributed by atoms with Crippen LogP contribution in [0.15, 0.2) is 30.9 Å². The fourth-order valence-electron chi connectivity index (χ4n) is 1.59. The first-order valence-corrected chi connectivity index (χ1v) is 5.59. The van der Waals surface area contributed by atoms with Gasteiger partial charge in [-0.25, -0.2) is 9.37 Å². The second kappa shape index (κ2) is 5.39. The van der Waals surface area contributed by atoms with Crippen molar-refractivity contribution in [1.29, 1.82) is 0 Å². The summed E-state index contributed by atoms with van der Waals surface area (Å²) in [5.74, 6) is -0.138. The monoisotopic (exact) mass is 248 g/mol. The number of aromatic nitrogens is 3. The molecule has 0 unspecified atom stereocenters. The standard InChI is InChI=1S/C12H13FN4O/c1-2-17-4-3-15-11(17)8-16-12(18)9-5-10(13)7-14-6-9/h3-7H,2,8H2,1H3,(H,16,18). The summed E-state index contributed by atoms with van der Waals surface area (Å²) in [7, 11) is 0. The number of carbonyl (C=O) groups excluding carboxylic acids is 1. The van der Waals surface area contributed by atoms with Crippen LogP contribution in [0.1, 0.15) is 23.1 Å². The minimum absolute atomic E-state index is 0.199. The van der Waals surface area contributed by atoms with Gasteiger partial charge in [0, 0.05) is 25.1 Å². The van der Waals surface area contributed by atoms with Crippen molar-refractivity contribution >= 4 is 5.91 Å². The van der Waals surface area contributed by atoms with Crippen LogP contribution in [0.4, 0.5) is 4.39 Å². The van der Waals surface area contributed by atoms with Gasteiger partial charge in [-0.3, -0.25) is 9.78 Å². The summed E-state index contributed by atoms with van der Waals surface area (Å²) in [5, 5.41) is 2.67. The number of nitrogens with one attached hydrogen (secondary N) is 1. The van der Waals surface area contributed by atoms with E-state index >= 15 is 0 Å². The molecule has 0 aliphatic carbocycles. The topological polar surface area (TPSA) is 59.8 Å². The number of hydrogen-bond acceptors (Lipinski definition) is 3. The molecular weight excluding hydrogens is 235 g/mol. The normalized spacial score (nSPS) is 10.3. The van der Waals surface area contributed by atoms with Gasteiger partial charge in [0.05, 0.1) is 18.3 Å². The van der Waals surface area contributed by atoms with Crippen LogP contribution in [0.5, 0.6) is 0 Å². The lowest BCUT2D eigenvalue weighted by molar-refractivity contribution is 0.0948. The highest BCUT2D eigenvalue weighted by atomic mass is 19.1. The Balaban J connectivity index is 2.00. The van der Waals surface area contributed by atoms with Crippen molar-refractivity contribution in [1.82, 2.24) is 19.9 Å². The largest absolute Gasteiger partial charge is 0.345 e. The summed E-state index contributed by atoms with van der Waals surface area (Å²) in [6.07, 6.45) is 5.89. The van der Waals surface area contributed by atoms with Crippen molar-refractivity contribution in [3.8, 4) is 0 Å². The van der Waals surface area contributed by atoms with Gasteiger partial charge in [-0.15, -0.1) is 0 Å². The quantitative estimate of drug-likeness (QED) is 0.888. The summed E-state index contributed by atoms with van der Waals surface area (Å²) in [5.41, 5.74) is 0.199. The smallest absolute Gasteiger partial charge is 0.253 e. The molecule has 6 heteroatoms. The predicted octanol–water partition coefficient (Wildman–Crippen LogP) is 1.37. The average molecular weight is 248 g/mol. The lowest BCUT2D eigenvalue weighted by Gasteiger charge is -2.06. The SMILES string of the molecule is CCn1ccnc1CNC(=O)c1cncc(F)c1. The molecule has 5 nitrogen and oxygen atoms in total. The number of pyridine rings is 1. The van der Waals surface area contributed by atoms with E-state index in [4.69, 9.17) is 0 Å². The first-order valence-electron chi connectivity index (χ1n) is 5.59. The van der Waals surface area contributed by atoms with Crippen LogP contribution in [0.25, 0.3) is 0 Å². The Labute approximate surface area is 104 Å². The molecule has 0 atom stereocenters. The molecule has 0 aliphatic rings. The van der Waals surface area contributed by atoms with Gasteiger partial charge in [-0.1, -0.05) is 0 Å². The molecule has 2 aromatic rings. The lowest BCUT2D eigenvalue weighted by atomic mass is 10.2. The third-order valence-corrected chi connectivity index (χ3v) is 2.52. The van der Waals surface area contributed by atoms with Gasteiger partial charge >= 0.3 is 0 Å². The maximum absolute atomic E-state index is 12.9.